The molecule has 0 saturated heterocycles. The highest BCUT2D eigenvalue weighted by atomic mass is 32.2. The molecule has 0 bridgehead atoms. The third-order valence-corrected chi connectivity index (χ3v) is 6.82. The third kappa shape index (κ3) is 8.65. The maximum absolute atomic E-state index is 12.4. The molecule has 0 N–H and O–H groups in total. The van der Waals surface area contributed by atoms with E-state index in [2.05, 4.69) is 27.7 Å². The minimum absolute atomic E-state index is 0.0504. The summed E-state index contributed by atoms with van der Waals surface area (Å²) in [5.74, 6) is 1.12. The summed E-state index contributed by atoms with van der Waals surface area (Å²) < 4.78 is 36.4. The van der Waals surface area contributed by atoms with Gasteiger partial charge in [-0.05, 0) is 48.3 Å². The summed E-state index contributed by atoms with van der Waals surface area (Å²) in [6, 6.07) is 7.86. The minimum Gasteiger partial charge on any atom is -0.493 e. The van der Waals surface area contributed by atoms with E-state index in [4.69, 9.17) is 9.47 Å². The quantitative estimate of drug-likeness (QED) is 0.502. The predicted molar refractivity (Wildman–Crippen MR) is 111 cm³/mol. The molecule has 1 aromatic carbocycles. The second kappa shape index (κ2) is 8.95. The fourth-order valence-electron chi connectivity index (χ4n) is 2.85. The van der Waals surface area contributed by atoms with Gasteiger partial charge < -0.3 is 9.47 Å². The number of sulfone groups is 1. The molecule has 0 unspecified atom stereocenters. The molecule has 1 saturated carbocycles. The van der Waals surface area contributed by atoms with E-state index in [1.54, 1.807) is 0 Å². The Kier molecular flexibility index (Phi) is 7.37. The molecule has 1 aliphatic rings. The zero-order chi connectivity index (χ0) is 20.1. The summed E-state index contributed by atoms with van der Waals surface area (Å²) in [7, 11) is -3.10. The van der Waals surface area contributed by atoms with Crippen molar-refractivity contribution in [3.63, 3.8) is 0 Å². The van der Waals surface area contributed by atoms with Crippen LogP contribution in [0.5, 0.6) is 5.75 Å². The molecule has 27 heavy (non-hydrogen) atoms. The van der Waals surface area contributed by atoms with Crippen LogP contribution in [0.15, 0.2) is 24.3 Å². The molecule has 0 spiro atoms. The van der Waals surface area contributed by atoms with E-state index in [-0.39, 0.29) is 22.8 Å². The van der Waals surface area contributed by atoms with Crippen LogP contribution in [-0.4, -0.2) is 39.7 Å². The smallest absolute Gasteiger partial charge is 0.150 e. The second-order valence-electron chi connectivity index (χ2n) is 9.65. The summed E-state index contributed by atoms with van der Waals surface area (Å²) in [4.78, 5) is 0. The van der Waals surface area contributed by atoms with Gasteiger partial charge in [-0.25, -0.2) is 8.42 Å². The molecule has 0 aliphatic heterocycles. The summed E-state index contributed by atoms with van der Waals surface area (Å²) in [6.07, 6.45) is 2.99. The van der Waals surface area contributed by atoms with Crippen molar-refractivity contribution in [3.05, 3.63) is 29.8 Å². The molecule has 1 atom stereocenters. The first kappa shape index (κ1) is 22.2. The number of rotatable bonds is 11. The Morgan fingerprint density at radius 1 is 1.22 bits per heavy atom. The Morgan fingerprint density at radius 2 is 1.93 bits per heavy atom. The van der Waals surface area contributed by atoms with E-state index in [9.17, 15) is 8.42 Å². The normalized spacial score (nSPS) is 17.5. The van der Waals surface area contributed by atoms with Gasteiger partial charge in [-0.2, -0.15) is 0 Å². The van der Waals surface area contributed by atoms with Gasteiger partial charge in [0.05, 0.1) is 24.7 Å². The fourth-order valence-corrected chi connectivity index (χ4v) is 4.52. The Hall–Kier alpha value is -1.07. The van der Waals surface area contributed by atoms with Gasteiger partial charge in [0.15, 0.2) is 9.84 Å². The monoisotopic (exact) mass is 396 g/mol. The highest BCUT2D eigenvalue weighted by Crippen LogP contribution is 2.45. The Bertz CT molecular complexity index is 699. The Labute approximate surface area is 165 Å². The van der Waals surface area contributed by atoms with Crippen LogP contribution in [0.2, 0.25) is 0 Å². The van der Waals surface area contributed by atoms with Crippen molar-refractivity contribution in [2.24, 2.45) is 10.8 Å². The maximum Gasteiger partial charge on any atom is 0.150 e. The van der Waals surface area contributed by atoms with E-state index in [1.165, 1.54) is 12.8 Å². The zero-order valence-corrected chi connectivity index (χ0v) is 18.4. The van der Waals surface area contributed by atoms with Gasteiger partial charge in [-0.1, -0.05) is 46.8 Å². The van der Waals surface area contributed by atoms with Crippen LogP contribution >= 0.6 is 0 Å². The number of ether oxygens (including phenoxy) is 2. The van der Waals surface area contributed by atoms with E-state index in [1.807, 2.05) is 31.2 Å². The minimum atomic E-state index is -3.10. The van der Waals surface area contributed by atoms with Crippen molar-refractivity contribution < 1.29 is 17.9 Å². The van der Waals surface area contributed by atoms with E-state index >= 15 is 0 Å². The van der Waals surface area contributed by atoms with Gasteiger partial charge in [0.2, 0.25) is 0 Å². The van der Waals surface area contributed by atoms with Gasteiger partial charge >= 0.3 is 0 Å². The number of benzene rings is 1. The third-order valence-electron chi connectivity index (χ3n) is 4.90. The van der Waals surface area contributed by atoms with Gasteiger partial charge in [-0.3, -0.25) is 0 Å². The summed E-state index contributed by atoms with van der Waals surface area (Å²) in [5.41, 5.74) is 1.46. The molecule has 4 nitrogen and oxygen atoms in total. The SMILES string of the molecule is C[C@@H](CS(=O)(=O)CCCOCC(C)(C)C)c1cccc(OCC2(C)CC2)c1. The number of hydrogen-bond donors (Lipinski definition) is 0. The van der Waals surface area contributed by atoms with Crippen LogP contribution in [-0.2, 0) is 14.6 Å². The molecule has 0 heterocycles. The molecule has 1 aromatic rings. The van der Waals surface area contributed by atoms with E-state index in [0.29, 0.717) is 25.0 Å². The standard InChI is InChI=1S/C22H36O4S/c1-18(15-27(23,24)13-7-12-25-16-21(2,3)4)19-8-6-9-20(14-19)26-17-22(5)10-11-22/h6,8-9,14,18H,7,10-13,15-17H2,1-5H3/t18-/m0/s1. The van der Waals surface area contributed by atoms with Crippen LogP contribution in [0.4, 0.5) is 0 Å². The molecule has 1 fully saturated rings. The van der Waals surface area contributed by atoms with Crippen LogP contribution in [0, 0.1) is 10.8 Å². The molecule has 2 rings (SSSR count). The van der Waals surface area contributed by atoms with Gasteiger partial charge in [0.25, 0.3) is 0 Å². The molecule has 0 aromatic heterocycles. The molecular weight excluding hydrogens is 360 g/mol. The van der Waals surface area contributed by atoms with Crippen LogP contribution < -0.4 is 4.74 Å². The molecule has 1 aliphatic carbocycles. The predicted octanol–water partition coefficient (Wildman–Crippen LogP) is 4.84. The van der Waals surface area contributed by atoms with Gasteiger partial charge in [-0.15, -0.1) is 0 Å². The second-order valence-corrected chi connectivity index (χ2v) is 11.9. The Balaban J connectivity index is 1.79. The first-order chi connectivity index (χ1) is 12.5. The van der Waals surface area contributed by atoms with Crippen molar-refractivity contribution in [1.29, 1.82) is 0 Å². The fraction of sp³-hybridized carbons (Fsp3) is 0.727. The topological polar surface area (TPSA) is 52.6 Å². The average Bonchev–Trinajstić information content (AvgIpc) is 3.29. The lowest BCUT2D eigenvalue weighted by molar-refractivity contribution is 0.0720. The van der Waals surface area contributed by atoms with Crippen molar-refractivity contribution in [1.82, 2.24) is 0 Å². The summed E-state index contributed by atoms with van der Waals surface area (Å²) >= 11 is 0. The van der Waals surface area contributed by atoms with Crippen molar-refractivity contribution >= 4 is 9.84 Å². The van der Waals surface area contributed by atoms with Crippen LogP contribution in [0.25, 0.3) is 0 Å². The van der Waals surface area contributed by atoms with Crippen LogP contribution in [0.3, 0.4) is 0 Å². The molecule has 0 radical (unpaired) electrons. The lowest BCUT2D eigenvalue weighted by atomic mass is 9.99. The Morgan fingerprint density at radius 3 is 2.56 bits per heavy atom. The first-order valence-corrected chi connectivity index (χ1v) is 11.8. The number of hydrogen-bond acceptors (Lipinski definition) is 4. The largest absolute Gasteiger partial charge is 0.493 e. The van der Waals surface area contributed by atoms with Crippen molar-refractivity contribution in [3.8, 4) is 5.75 Å². The van der Waals surface area contributed by atoms with E-state index in [0.717, 1.165) is 17.9 Å². The summed E-state index contributed by atoms with van der Waals surface area (Å²) in [6.45, 7) is 12.4. The molecular formula is C22H36O4S. The first-order valence-electron chi connectivity index (χ1n) is 9.99. The van der Waals surface area contributed by atoms with Gasteiger partial charge in [0.1, 0.15) is 5.75 Å². The van der Waals surface area contributed by atoms with Crippen molar-refractivity contribution in [2.75, 3.05) is 31.3 Å². The van der Waals surface area contributed by atoms with Gasteiger partial charge in [0, 0.05) is 12.0 Å². The van der Waals surface area contributed by atoms with Crippen molar-refractivity contribution in [2.45, 2.75) is 59.8 Å². The average molecular weight is 397 g/mol. The zero-order valence-electron chi connectivity index (χ0n) is 17.6. The highest BCUT2D eigenvalue weighted by molar-refractivity contribution is 7.91. The van der Waals surface area contributed by atoms with Crippen LogP contribution in [0.1, 0.15) is 65.4 Å². The van der Waals surface area contributed by atoms with E-state index < -0.39 is 9.84 Å². The highest BCUT2D eigenvalue weighted by Gasteiger charge is 2.38. The molecule has 154 valence electrons. The molecule has 5 heteroatoms. The molecule has 0 amide bonds. The lowest BCUT2D eigenvalue weighted by Gasteiger charge is -2.18. The summed E-state index contributed by atoms with van der Waals surface area (Å²) in [5, 5.41) is 0. The lowest BCUT2D eigenvalue weighted by Crippen LogP contribution is -2.19. The maximum atomic E-state index is 12.4.